The van der Waals surface area contributed by atoms with Crippen molar-refractivity contribution in [1.29, 1.82) is 0 Å². The van der Waals surface area contributed by atoms with Crippen LogP contribution in [-0.2, 0) is 22.7 Å². The van der Waals surface area contributed by atoms with E-state index in [4.69, 9.17) is 4.98 Å². The molecule has 3 heterocycles. The Morgan fingerprint density at radius 1 is 1.29 bits per heavy atom. The summed E-state index contributed by atoms with van der Waals surface area (Å²) >= 11 is 1.26. The fraction of sp³-hybridized carbons (Fsp3) is 0.520. The van der Waals surface area contributed by atoms with Crippen molar-refractivity contribution < 1.29 is 18.3 Å². The molecule has 1 amide bonds. The van der Waals surface area contributed by atoms with Gasteiger partial charge < -0.3 is 10.4 Å². The quantitative estimate of drug-likeness (QED) is 0.488. The Labute approximate surface area is 210 Å². The number of sulfone groups is 1. The lowest BCUT2D eigenvalue weighted by Gasteiger charge is -2.34. The average molecular weight is 517 g/mol. The van der Waals surface area contributed by atoms with Gasteiger partial charge in [-0.2, -0.15) is 0 Å². The van der Waals surface area contributed by atoms with Crippen LogP contribution in [0.4, 0.5) is 0 Å². The number of aryl methyl sites for hydroxylation is 1. The maximum atomic E-state index is 13.1. The summed E-state index contributed by atoms with van der Waals surface area (Å²) in [4.78, 5) is 27.2. The van der Waals surface area contributed by atoms with Gasteiger partial charge in [0.05, 0.1) is 11.8 Å². The van der Waals surface area contributed by atoms with Crippen LogP contribution in [0.1, 0.15) is 73.2 Å². The molecule has 0 aliphatic heterocycles. The normalized spacial score (nSPS) is 17.2. The lowest BCUT2D eigenvalue weighted by atomic mass is 9.71. The summed E-state index contributed by atoms with van der Waals surface area (Å²) in [5, 5.41) is 12.7. The van der Waals surface area contributed by atoms with Gasteiger partial charge in [0, 0.05) is 18.5 Å². The first-order valence-electron chi connectivity index (χ1n) is 11.9. The molecule has 1 aliphatic carbocycles. The number of aromatic nitrogens is 3. The zero-order valence-corrected chi connectivity index (χ0v) is 22.2. The number of hydrogen-bond acceptors (Lipinski definition) is 8. The Kier molecular flexibility index (Phi) is 7.26. The van der Waals surface area contributed by atoms with E-state index in [9.17, 15) is 18.3 Å². The zero-order valence-electron chi connectivity index (χ0n) is 20.5. The second kappa shape index (κ2) is 9.91. The van der Waals surface area contributed by atoms with E-state index in [1.807, 2.05) is 0 Å². The van der Waals surface area contributed by atoms with Crippen LogP contribution in [0, 0.1) is 11.3 Å². The minimum absolute atomic E-state index is 0.00672. The first kappa shape index (κ1) is 25.7. The van der Waals surface area contributed by atoms with E-state index >= 15 is 0 Å². The molecule has 10 heteroatoms. The van der Waals surface area contributed by atoms with Crippen molar-refractivity contribution in [2.45, 2.75) is 64.4 Å². The molecule has 0 saturated heterocycles. The smallest absolute Gasteiger partial charge is 0.280 e. The van der Waals surface area contributed by atoms with E-state index in [0.717, 1.165) is 35.3 Å². The van der Waals surface area contributed by atoms with Crippen molar-refractivity contribution in [2.24, 2.45) is 11.3 Å². The summed E-state index contributed by atoms with van der Waals surface area (Å²) in [6, 6.07) is 4.60. The number of carbonyl (C=O) groups is 1. The van der Waals surface area contributed by atoms with E-state index in [1.165, 1.54) is 29.2 Å². The number of hydrogen-bond donors (Lipinski definition) is 2. The SMILES string of the molecule is CCS(=O)(=O)c1ccc([C@@H](CCO)NC(=O)c2nc3cc4c(nc3s2)CC[C@H](C(C)(C)C)C4)cn1. The Morgan fingerprint density at radius 2 is 2.06 bits per heavy atom. The summed E-state index contributed by atoms with van der Waals surface area (Å²) in [6.07, 6.45) is 4.70. The summed E-state index contributed by atoms with van der Waals surface area (Å²) < 4.78 is 24.1. The van der Waals surface area contributed by atoms with E-state index in [2.05, 4.69) is 42.1 Å². The van der Waals surface area contributed by atoms with Gasteiger partial charge in [0.25, 0.3) is 5.91 Å². The third-order valence-electron chi connectivity index (χ3n) is 6.75. The topological polar surface area (TPSA) is 122 Å². The monoisotopic (exact) mass is 516 g/mol. The van der Waals surface area contributed by atoms with Crippen LogP contribution in [-0.4, -0.2) is 46.7 Å². The highest BCUT2D eigenvalue weighted by molar-refractivity contribution is 7.91. The number of nitrogens with one attached hydrogen (secondary N) is 1. The lowest BCUT2D eigenvalue weighted by Crippen LogP contribution is -2.29. The maximum absolute atomic E-state index is 13.1. The minimum atomic E-state index is -3.42. The van der Waals surface area contributed by atoms with Crippen molar-refractivity contribution >= 4 is 37.4 Å². The highest BCUT2D eigenvalue weighted by atomic mass is 32.2. The van der Waals surface area contributed by atoms with Gasteiger partial charge in [0.1, 0.15) is 10.3 Å². The average Bonchev–Trinajstić information content (AvgIpc) is 3.24. The fourth-order valence-corrected chi connectivity index (χ4v) is 6.08. The number of pyridine rings is 2. The van der Waals surface area contributed by atoms with Crippen molar-refractivity contribution in [3.05, 3.63) is 46.2 Å². The number of amides is 1. The van der Waals surface area contributed by atoms with Crippen LogP contribution in [0.15, 0.2) is 29.4 Å². The van der Waals surface area contributed by atoms with Gasteiger partial charge in [-0.1, -0.05) is 45.1 Å². The van der Waals surface area contributed by atoms with Gasteiger partial charge in [-0.25, -0.2) is 23.4 Å². The number of carbonyl (C=O) groups excluding carboxylic acids is 1. The maximum Gasteiger partial charge on any atom is 0.280 e. The highest BCUT2D eigenvalue weighted by Gasteiger charge is 2.30. The van der Waals surface area contributed by atoms with E-state index < -0.39 is 15.9 Å². The molecule has 0 bridgehead atoms. The van der Waals surface area contributed by atoms with Gasteiger partial charge in [0.2, 0.25) is 0 Å². The van der Waals surface area contributed by atoms with E-state index in [-0.39, 0.29) is 35.1 Å². The number of fused-ring (bicyclic) bond motifs is 2. The van der Waals surface area contributed by atoms with Crippen LogP contribution in [0.2, 0.25) is 0 Å². The van der Waals surface area contributed by atoms with E-state index in [1.54, 1.807) is 13.0 Å². The third-order valence-corrected chi connectivity index (χ3v) is 9.35. The largest absolute Gasteiger partial charge is 0.396 e. The predicted octanol–water partition coefficient (Wildman–Crippen LogP) is 3.88. The van der Waals surface area contributed by atoms with Crippen LogP contribution in [0.5, 0.6) is 0 Å². The van der Waals surface area contributed by atoms with Gasteiger partial charge in [-0.15, -0.1) is 0 Å². The van der Waals surface area contributed by atoms with Gasteiger partial charge in [-0.3, -0.25) is 4.79 Å². The molecule has 2 N–H and O–H groups in total. The predicted molar refractivity (Wildman–Crippen MR) is 136 cm³/mol. The highest BCUT2D eigenvalue weighted by Crippen LogP contribution is 2.38. The van der Waals surface area contributed by atoms with Crippen LogP contribution < -0.4 is 5.32 Å². The number of aliphatic hydroxyl groups is 1. The molecule has 1 aliphatic rings. The molecule has 3 aromatic rings. The van der Waals surface area contributed by atoms with Gasteiger partial charge in [0.15, 0.2) is 19.9 Å². The summed E-state index contributed by atoms with van der Waals surface area (Å²) in [7, 11) is -3.42. The van der Waals surface area contributed by atoms with E-state index in [0.29, 0.717) is 16.5 Å². The van der Waals surface area contributed by atoms with Crippen LogP contribution >= 0.6 is 11.3 Å². The first-order valence-corrected chi connectivity index (χ1v) is 14.4. The van der Waals surface area contributed by atoms with Crippen molar-refractivity contribution in [3.63, 3.8) is 0 Å². The summed E-state index contributed by atoms with van der Waals surface area (Å²) in [5.41, 5.74) is 3.88. The Balaban J connectivity index is 1.55. The Bertz CT molecular complexity index is 1330. The van der Waals surface area contributed by atoms with Crippen LogP contribution in [0.3, 0.4) is 0 Å². The fourth-order valence-electron chi connectivity index (χ4n) is 4.45. The summed E-state index contributed by atoms with van der Waals surface area (Å²) in [6.45, 7) is 8.23. The molecule has 0 spiro atoms. The Morgan fingerprint density at radius 3 is 2.69 bits per heavy atom. The van der Waals surface area contributed by atoms with Crippen molar-refractivity contribution in [1.82, 2.24) is 20.3 Å². The zero-order chi connectivity index (χ0) is 25.4. The number of thiazole rings is 1. The molecule has 188 valence electrons. The van der Waals surface area contributed by atoms with Gasteiger partial charge in [-0.05, 0) is 60.3 Å². The molecule has 0 fully saturated rings. The van der Waals surface area contributed by atoms with Crippen LogP contribution in [0.25, 0.3) is 10.3 Å². The molecule has 35 heavy (non-hydrogen) atoms. The van der Waals surface area contributed by atoms with Crippen molar-refractivity contribution in [2.75, 3.05) is 12.4 Å². The third kappa shape index (κ3) is 5.54. The molecule has 0 unspecified atom stereocenters. The number of rotatable bonds is 7. The lowest BCUT2D eigenvalue weighted by molar-refractivity contribution is 0.0929. The van der Waals surface area contributed by atoms with Gasteiger partial charge >= 0.3 is 0 Å². The standard InChI is InChI=1S/C25H32N4O4S2/c1-5-35(32,33)21-9-6-15(14-26-21)19(10-11-30)27-22(31)24-29-20-13-16-12-17(25(2,3)4)7-8-18(16)28-23(20)34-24/h6,9,13-14,17,19,30H,5,7-8,10-12H2,1-4H3,(H,27,31)/t17-,19+/m0/s1. The summed E-state index contributed by atoms with van der Waals surface area (Å²) in [5.74, 6) is 0.187. The van der Waals surface area contributed by atoms with Crippen molar-refractivity contribution in [3.8, 4) is 0 Å². The molecule has 0 radical (unpaired) electrons. The number of aliphatic hydroxyl groups excluding tert-OH is 1. The molecule has 8 nitrogen and oxygen atoms in total. The second-order valence-electron chi connectivity index (χ2n) is 10.1. The molecule has 2 atom stereocenters. The second-order valence-corrected chi connectivity index (χ2v) is 13.3. The molecular weight excluding hydrogens is 484 g/mol. The Hall–Kier alpha value is -2.43. The molecule has 4 rings (SSSR count). The molecule has 3 aromatic heterocycles. The molecular formula is C25H32N4O4S2. The first-order chi connectivity index (χ1) is 16.5. The molecule has 0 aromatic carbocycles. The molecule has 0 saturated carbocycles. The minimum Gasteiger partial charge on any atom is -0.396 e. The number of nitrogens with zero attached hydrogens (tertiary/aromatic N) is 3.